The molecule has 0 fully saturated rings. The highest BCUT2D eigenvalue weighted by atomic mass is 35.5. The predicted octanol–water partition coefficient (Wildman–Crippen LogP) is 6.19. The number of unbranched alkanes of at least 4 members (excludes halogenated alkanes) is 3. The maximum Gasteiger partial charge on any atom is 0.339 e. The first-order valence-electron chi connectivity index (χ1n) is 10.3. The van der Waals surface area contributed by atoms with Crippen molar-refractivity contribution in [2.75, 3.05) is 6.79 Å². The predicted molar refractivity (Wildman–Crippen MR) is 117 cm³/mol. The molecule has 0 unspecified atom stereocenters. The van der Waals surface area contributed by atoms with Gasteiger partial charge in [-0.15, -0.1) is 0 Å². The highest BCUT2D eigenvalue weighted by Crippen LogP contribution is 2.37. The van der Waals surface area contributed by atoms with Crippen LogP contribution in [0, 0.1) is 6.92 Å². The summed E-state index contributed by atoms with van der Waals surface area (Å²) < 4.78 is 22.2. The van der Waals surface area contributed by atoms with Crippen LogP contribution in [-0.4, -0.2) is 6.79 Å². The molecule has 5 nitrogen and oxygen atoms in total. The molecule has 2 aromatic carbocycles. The van der Waals surface area contributed by atoms with Gasteiger partial charge in [0.2, 0.25) is 6.79 Å². The second-order valence-corrected chi connectivity index (χ2v) is 7.95. The number of fused-ring (bicyclic) bond motifs is 2. The summed E-state index contributed by atoms with van der Waals surface area (Å²) in [6.45, 7) is 4.62. The molecule has 0 radical (unpaired) electrons. The molecular formula is C24H25ClO5. The maximum absolute atomic E-state index is 12.5. The van der Waals surface area contributed by atoms with E-state index in [0.29, 0.717) is 27.9 Å². The summed E-state index contributed by atoms with van der Waals surface area (Å²) in [6, 6.07) is 9.14. The van der Waals surface area contributed by atoms with Gasteiger partial charge in [-0.2, -0.15) is 0 Å². The lowest BCUT2D eigenvalue weighted by atomic mass is 10.0. The fraction of sp³-hybridized carbons (Fsp3) is 0.375. The van der Waals surface area contributed by atoms with Crippen molar-refractivity contribution in [3.05, 3.63) is 62.5 Å². The molecular weight excluding hydrogens is 404 g/mol. The normalized spacial score (nSPS) is 12.5. The van der Waals surface area contributed by atoms with E-state index in [0.717, 1.165) is 41.3 Å². The quantitative estimate of drug-likeness (QED) is 0.316. The average molecular weight is 429 g/mol. The molecule has 1 aliphatic heterocycles. The number of hydrogen-bond acceptors (Lipinski definition) is 5. The van der Waals surface area contributed by atoms with Crippen molar-refractivity contribution in [1.82, 2.24) is 0 Å². The van der Waals surface area contributed by atoms with Crippen molar-refractivity contribution < 1.29 is 18.6 Å². The van der Waals surface area contributed by atoms with Crippen LogP contribution in [0.5, 0.6) is 17.2 Å². The highest BCUT2D eigenvalue weighted by molar-refractivity contribution is 6.31. The Morgan fingerprint density at radius 1 is 1.07 bits per heavy atom. The van der Waals surface area contributed by atoms with Gasteiger partial charge in [0, 0.05) is 28.6 Å². The third-order valence-electron chi connectivity index (χ3n) is 5.48. The SMILES string of the molecule is CCCCCCc1c(C)c2ccc(OCc3cc4c(cc3Cl)OCO4)cc2oc1=O. The van der Waals surface area contributed by atoms with E-state index < -0.39 is 0 Å². The fourth-order valence-electron chi connectivity index (χ4n) is 3.71. The van der Waals surface area contributed by atoms with E-state index in [4.69, 9.17) is 30.2 Å². The van der Waals surface area contributed by atoms with Gasteiger partial charge in [-0.05, 0) is 43.5 Å². The van der Waals surface area contributed by atoms with Crippen molar-refractivity contribution in [3.8, 4) is 17.2 Å². The minimum absolute atomic E-state index is 0.194. The lowest BCUT2D eigenvalue weighted by molar-refractivity contribution is 0.174. The lowest BCUT2D eigenvalue weighted by Crippen LogP contribution is -2.10. The third-order valence-corrected chi connectivity index (χ3v) is 5.83. The van der Waals surface area contributed by atoms with E-state index in [1.165, 1.54) is 12.8 Å². The second kappa shape index (κ2) is 9.00. The van der Waals surface area contributed by atoms with Gasteiger partial charge in [-0.3, -0.25) is 0 Å². The number of halogens is 1. The van der Waals surface area contributed by atoms with Crippen LogP contribution in [0.4, 0.5) is 0 Å². The Morgan fingerprint density at radius 3 is 2.67 bits per heavy atom. The third kappa shape index (κ3) is 4.26. The summed E-state index contributed by atoms with van der Waals surface area (Å²) in [5.74, 6) is 1.90. The molecule has 0 saturated carbocycles. The summed E-state index contributed by atoms with van der Waals surface area (Å²) in [5.41, 5.74) is 2.83. The summed E-state index contributed by atoms with van der Waals surface area (Å²) in [5, 5.41) is 1.49. The molecule has 30 heavy (non-hydrogen) atoms. The van der Waals surface area contributed by atoms with Crippen LogP contribution in [0.2, 0.25) is 5.02 Å². The van der Waals surface area contributed by atoms with Crippen molar-refractivity contribution in [3.63, 3.8) is 0 Å². The van der Waals surface area contributed by atoms with Crippen molar-refractivity contribution in [1.29, 1.82) is 0 Å². The van der Waals surface area contributed by atoms with E-state index in [1.54, 1.807) is 12.1 Å². The van der Waals surface area contributed by atoms with Gasteiger partial charge in [0.25, 0.3) is 0 Å². The molecule has 0 spiro atoms. The maximum atomic E-state index is 12.5. The minimum Gasteiger partial charge on any atom is -0.489 e. The molecule has 0 amide bonds. The summed E-state index contributed by atoms with van der Waals surface area (Å²) in [6.07, 6.45) is 5.24. The molecule has 0 saturated heterocycles. The van der Waals surface area contributed by atoms with Crippen LogP contribution in [0.3, 0.4) is 0 Å². The first-order chi connectivity index (χ1) is 14.6. The molecule has 2 heterocycles. The second-order valence-electron chi connectivity index (χ2n) is 7.55. The first kappa shape index (κ1) is 20.6. The van der Waals surface area contributed by atoms with Gasteiger partial charge in [0.15, 0.2) is 11.5 Å². The molecule has 6 heteroatoms. The molecule has 0 bridgehead atoms. The Kier molecular flexibility index (Phi) is 6.18. The van der Waals surface area contributed by atoms with Crippen LogP contribution in [-0.2, 0) is 13.0 Å². The zero-order chi connectivity index (χ0) is 21.1. The van der Waals surface area contributed by atoms with Gasteiger partial charge in [0.05, 0.1) is 5.02 Å². The Bertz CT molecular complexity index is 1120. The lowest BCUT2D eigenvalue weighted by Gasteiger charge is -2.11. The largest absolute Gasteiger partial charge is 0.489 e. The number of benzene rings is 2. The van der Waals surface area contributed by atoms with Crippen molar-refractivity contribution in [2.45, 2.75) is 52.6 Å². The monoisotopic (exact) mass is 428 g/mol. The van der Waals surface area contributed by atoms with E-state index in [2.05, 4.69) is 6.92 Å². The molecule has 0 N–H and O–H groups in total. The zero-order valence-electron chi connectivity index (χ0n) is 17.3. The number of hydrogen-bond donors (Lipinski definition) is 0. The van der Waals surface area contributed by atoms with Gasteiger partial charge in [0.1, 0.15) is 17.9 Å². The Morgan fingerprint density at radius 2 is 1.87 bits per heavy atom. The molecule has 1 aromatic heterocycles. The number of aryl methyl sites for hydroxylation is 1. The summed E-state index contributed by atoms with van der Waals surface area (Å²) in [7, 11) is 0. The summed E-state index contributed by atoms with van der Waals surface area (Å²) in [4.78, 5) is 12.5. The fourth-order valence-corrected chi connectivity index (χ4v) is 3.92. The molecule has 0 atom stereocenters. The van der Waals surface area contributed by atoms with Gasteiger partial charge in [-0.25, -0.2) is 4.79 Å². The number of ether oxygens (including phenoxy) is 3. The van der Waals surface area contributed by atoms with Crippen LogP contribution in [0.1, 0.15) is 49.3 Å². The molecule has 3 aromatic rings. The van der Waals surface area contributed by atoms with Gasteiger partial charge in [-0.1, -0.05) is 37.8 Å². The van der Waals surface area contributed by atoms with Crippen molar-refractivity contribution >= 4 is 22.6 Å². The van der Waals surface area contributed by atoms with E-state index in [1.807, 2.05) is 25.1 Å². The minimum atomic E-state index is -0.257. The first-order valence-corrected chi connectivity index (χ1v) is 10.7. The van der Waals surface area contributed by atoms with Crippen LogP contribution < -0.4 is 19.8 Å². The van der Waals surface area contributed by atoms with Crippen LogP contribution in [0.15, 0.2) is 39.5 Å². The Labute approximate surface area is 180 Å². The molecule has 4 rings (SSSR count). The Hall–Kier alpha value is -2.66. The smallest absolute Gasteiger partial charge is 0.339 e. The zero-order valence-corrected chi connectivity index (χ0v) is 18.0. The topological polar surface area (TPSA) is 57.9 Å². The summed E-state index contributed by atoms with van der Waals surface area (Å²) >= 11 is 6.31. The Balaban J connectivity index is 1.52. The van der Waals surface area contributed by atoms with Crippen LogP contribution >= 0.6 is 11.6 Å². The van der Waals surface area contributed by atoms with E-state index >= 15 is 0 Å². The van der Waals surface area contributed by atoms with Gasteiger partial charge >= 0.3 is 5.63 Å². The molecule has 0 aliphatic carbocycles. The molecule has 1 aliphatic rings. The van der Waals surface area contributed by atoms with Gasteiger partial charge < -0.3 is 18.6 Å². The van der Waals surface area contributed by atoms with E-state index in [9.17, 15) is 4.79 Å². The highest BCUT2D eigenvalue weighted by Gasteiger charge is 2.17. The number of rotatable bonds is 8. The van der Waals surface area contributed by atoms with E-state index in [-0.39, 0.29) is 19.0 Å². The standard InChI is InChI=1S/C24H25ClO5/c1-3-4-5-6-7-19-15(2)18-9-8-17(11-21(18)30-24(19)26)27-13-16-10-22-23(12-20(16)25)29-14-28-22/h8-12H,3-7,13-14H2,1-2H3. The molecule has 158 valence electrons. The van der Waals surface area contributed by atoms with Crippen LogP contribution in [0.25, 0.3) is 11.0 Å². The average Bonchev–Trinajstić information content (AvgIpc) is 3.18. The van der Waals surface area contributed by atoms with Crippen molar-refractivity contribution in [2.24, 2.45) is 0 Å².